The molecule has 3 nitrogen and oxygen atoms in total. The predicted octanol–water partition coefficient (Wildman–Crippen LogP) is 3.66. The quantitative estimate of drug-likeness (QED) is 0.854. The highest BCUT2D eigenvalue weighted by atomic mass is 16.2. The number of nitrogens with two attached hydrogens (primary N) is 1. The fraction of sp³-hybridized carbons (Fsp3) is 0.316. The summed E-state index contributed by atoms with van der Waals surface area (Å²) in [6.45, 7) is 4.01. The van der Waals surface area contributed by atoms with Crippen LogP contribution in [-0.4, -0.2) is 11.9 Å². The van der Waals surface area contributed by atoms with Crippen molar-refractivity contribution in [2.24, 2.45) is 5.73 Å². The number of carbonyl (C=O) groups excluding carboxylic acids is 1. The summed E-state index contributed by atoms with van der Waals surface area (Å²) in [4.78, 5) is 12.0. The summed E-state index contributed by atoms with van der Waals surface area (Å²) in [7, 11) is 0. The van der Waals surface area contributed by atoms with Crippen LogP contribution in [0.3, 0.4) is 0 Å². The van der Waals surface area contributed by atoms with E-state index in [1.165, 1.54) is 11.1 Å². The molecule has 2 rings (SSSR count). The Morgan fingerprint density at radius 3 is 2.23 bits per heavy atom. The first kappa shape index (κ1) is 16.2. The summed E-state index contributed by atoms with van der Waals surface area (Å²) < 4.78 is 0. The lowest BCUT2D eigenvalue weighted by Crippen LogP contribution is -2.41. The minimum atomic E-state index is -0.420. The van der Waals surface area contributed by atoms with Crippen LogP contribution in [-0.2, 0) is 4.79 Å². The summed E-state index contributed by atoms with van der Waals surface area (Å²) in [6.07, 6.45) is 1.63. The van der Waals surface area contributed by atoms with Gasteiger partial charge in [-0.25, -0.2) is 0 Å². The Bertz CT molecular complexity index is 593. The second-order valence-corrected chi connectivity index (χ2v) is 5.61. The zero-order valence-corrected chi connectivity index (χ0v) is 13.3. The Labute approximate surface area is 132 Å². The monoisotopic (exact) mass is 296 g/mol. The highest BCUT2D eigenvalue weighted by molar-refractivity contribution is 5.81. The van der Waals surface area contributed by atoms with Crippen LogP contribution in [0.15, 0.2) is 54.6 Å². The molecule has 0 radical (unpaired) electrons. The summed E-state index contributed by atoms with van der Waals surface area (Å²) in [6, 6.07) is 18.1. The zero-order valence-electron chi connectivity index (χ0n) is 13.3. The number of benzene rings is 2. The van der Waals surface area contributed by atoms with Crippen molar-refractivity contribution in [1.29, 1.82) is 0 Å². The van der Waals surface area contributed by atoms with E-state index in [-0.39, 0.29) is 11.9 Å². The molecular weight excluding hydrogens is 272 g/mol. The van der Waals surface area contributed by atoms with Crippen molar-refractivity contribution in [3.8, 4) is 11.1 Å². The van der Waals surface area contributed by atoms with E-state index < -0.39 is 6.04 Å². The molecule has 0 heterocycles. The van der Waals surface area contributed by atoms with Gasteiger partial charge in [0.2, 0.25) is 5.91 Å². The number of amides is 1. The van der Waals surface area contributed by atoms with Crippen LogP contribution < -0.4 is 11.1 Å². The summed E-state index contributed by atoms with van der Waals surface area (Å²) in [5.74, 6) is -0.0820. The molecule has 0 saturated heterocycles. The minimum Gasteiger partial charge on any atom is -0.348 e. The van der Waals surface area contributed by atoms with Crippen molar-refractivity contribution in [3.63, 3.8) is 0 Å². The highest BCUT2D eigenvalue weighted by Crippen LogP contribution is 2.21. The third kappa shape index (κ3) is 4.18. The summed E-state index contributed by atoms with van der Waals surface area (Å²) >= 11 is 0. The standard InChI is InChI=1S/C19H24N2O/c1-3-7-18(20)19(22)21-14(2)15-10-12-17(13-11-15)16-8-5-4-6-9-16/h4-6,8-14,18H,3,7,20H2,1-2H3,(H,21,22). The average molecular weight is 296 g/mol. The maximum Gasteiger partial charge on any atom is 0.237 e. The molecule has 0 aliphatic rings. The van der Waals surface area contributed by atoms with E-state index in [1.54, 1.807) is 0 Å². The Hall–Kier alpha value is -2.13. The summed E-state index contributed by atoms with van der Waals surface area (Å²) in [5, 5.41) is 2.98. The van der Waals surface area contributed by atoms with Gasteiger partial charge in [0.1, 0.15) is 0 Å². The van der Waals surface area contributed by atoms with Crippen LogP contribution in [0.2, 0.25) is 0 Å². The molecule has 22 heavy (non-hydrogen) atoms. The number of hydrogen-bond donors (Lipinski definition) is 2. The molecule has 3 N–H and O–H groups in total. The van der Waals surface area contributed by atoms with Crippen LogP contribution >= 0.6 is 0 Å². The van der Waals surface area contributed by atoms with Gasteiger partial charge in [0.25, 0.3) is 0 Å². The first-order valence-corrected chi connectivity index (χ1v) is 7.83. The molecule has 0 bridgehead atoms. The van der Waals surface area contributed by atoms with Gasteiger partial charge in [0.15, 0.2) is 0 Å². The highest BCUT2D eigenvalue weighted by Gasteiger charge is 2.15. The molecule has 2 unspecified atom stereocenters. The second-order valence-electron chi connectivity index (χ2n) is 5.61. The van der Waals surface area contributed by atoms with Gasteiger partial charge < -0.3 is 11.1 Å². The molecule has 2 atom stereocenters. The van der Waals surface area contributed by atoms with E-state index in [0.717, 1.165) is 12.0 Å². The topological polar surface area (TPSA) is 55.1 Å². The Balaban J connectivity index is 2.02. The number of carbonyl (C=O) groups is 1. The van der Waals surface area contributed by atoms with Crippen molar-refractivity contribution >= 4 is 5.91 Å². The van der Waals surface area contributed by atoms with E-state index in [9.17, 15) is 4.79 Å². The SMILES string of the molecule is CCCC(N)C(=O)NC(C)c1ccc(-c2ccccc2)cc1. The van der Waals surface area contributed by atoms with Crippen molar-refractivity contribution in [3.05, 3.63) is 60.2 Å². The van der Waals surface area contributed by atoms with Crippen LogP contribution in [0.5, 0.6) is 0 Å². The number of hydrogen-bond acceptors (Lipinski definition) is 2. The van der Waals surface area contributed by atoms with E-state index >= 15 is 0 Å². The van der Waals surface area contributed by atoms with Crippen LogP contribution in [0, 0.1) is 0 Å². The largest absolute Gasteiger partial charge is 0.348 e. The van der Waals surface area contributed by atoms with E-state index in [1.807, 2.05) is 32.0 Å². The van der Waals surface area contributed by atoms with Gasteiger partial charge in [-0.3, -0.25) is 4.79 Å². The van der Waals surface area contributed by atoms with E-state index in [2.05, 4.69) is 41.7 Å². The number of rotatable bonds is 6. The predicted molar refractivity (Wildman–Crippen MR) is 91.3 cm³/mol. The van der Waals surface area contributed by atoms with E-state index in [0.29, 0.717) is 6.42 Å². The summed E-state index contributed by atoms with van der Waals surface area (Å²) in [5.41, 5.74) is 9.28. The fourth-order valence-corrected chi connectivity index (χ4v) is 2.44. The molecule has 0 fully saturated rings. The smallest absolute Gasteiger partial charge is 0.237 e. The van der Waals surface area contributed by atoms with Gasteiger partial charge in [-0.2, -0.15) is 0 Å². The fourth-order valence-electron chi connectivity index (χ4n) is 2.44. The molecule has 0 aliphatic carbocycles. The van der Waals surface area contributed by atoms with Crippen molar-refractivity contribution < 1.29 is 4.79 Å². The molecule has 2 aromatic rings. The Morgan fingerprint density at radius 1 is 1.05 bits per heavy atom. The molecule has 1 amide bonds. The molecule has 0 aromatic heterocycles. The van der Waals surface area contributed by atoms with Crippen LogP contribution in [0.4, 0.5) is 0 Å². The van der Waals surface area contributed by atoms with Gasteiger partial charge >= 0.3 is 0 Å². The lowest BCUT2D eigenvalue weighted by atomic mass is 10.0. The van der Waals surface area contributed by atoms with Crippen LogP contribution in [0.1, 0.15) is 38.3 Å². The van der Waals surface area contributed by atoms with Crippen molar-refractivity contribution in [2.45, 2.75) is 38.8 Å². The molecule has 2 aromatic carbocycles. The van der Waals surface area contributed by atoms with Crippen LogP contribution in [0.25, 0.3) is 11.1 Å². The first-order chi connectivity index (χ1) is 10.6. The van der Waals surface area contributed by atoms with Crippen molar-refractivity contribution in [2.75, 3.05) is 0 Å². The lowest BCUT2D eigenvalue weighted by Gasteiger charge is -2.18. The van der Waals surface area contributed by atoms with Gasteiger partial charge in [-0.15, -0.1) is 0 Å². The molecule has 0 aliphatic heterocycles. The minimum absolute atomic E-state index is 0.0415. The maximum atomic E-state index is 12.0. The second kappa shape index (κ2) is 7.76. The van der Waals surface area contributed by atoms with Gasteiger partial charge in [-0.1, -0.05) is 67.9 Å². The molecule has 116 valence electrons. The third-order valence-corrected chi connectivity index (χ3v) is 3.81. The third-order valence-electron chi connectivity index (χ3n) is 3.81. The Kier molecular flexibility index (Phi) is 5.73. The van der Waals surface area contributed by atoms with Gasteiger partial charge in [0.05, 0.1) is 12.1 Å². The lowest BCUT2D eigenvalue weighted by molar-refractivity contribution is -0.123. The Morgan fingerprint density at radius 2 is 1.64 bits per heavy atom. The zero-order chi connectivity index (χ0) is 15.9. The molecular formula is C19H24N2O. The first-order valence-electron chi connectivity index (χ1n) is 7.83. The van der Waals surface area contributed by atoms with Crippen molar-refractivity contribution in [1.82, 2.24) is 5.32 Å². The number of nitrogens with one attached hydrogen (secondary N) is 1. The maximum absolute atomic E-state index is 12.0. The molecule has 0 saturated carbocycles. The van der Waals surface area contributed by atoms with E-state index in [4.69, 9.17) is 5.73 Å². The average Bonchev–Trinajstić information content (AvgIpc) is 2.56. The van der Waals surface area contributed by atoms with Gasteiger partial charge in [0, 0.05) is 0 Å². The van der Waals surface area contributed by atoms with Gasteiger partial charge in [-0.05, 0) is 30.0 Å². The molecule has 0 spiro atoms. The molecule has 3 heteroatoms. The normalized spacial score (nSPS) is 13.4.